The Morgan fingerprint density at radius 2 is 2.06 bits per heavy atom. The number of imide groups is 1. The van der Waals surface area contributed by atoms with Gasteiger partial charge in [-0.15, -0.1) is 0 Å². The minimum atomic E-state index is -1.29. The maximum absolute atomic E-state index is 11.8. The zero-order valence-electron chi connectivity index (χ0n) is 9.62. The predicted molar refractivity (Wildman–Crippen MR) is 55.2 cm³/mol. The fourth-order valence-corrected chi connectivity index (χ4v) is 2.02. The molecule has 0 radical (unpaired) electrons. The van der Waals surface area contributed by atoms with Gasteiger partial charge in [0.25, 0.3) is 0 Å². The monoisotopic (exact) mass is 228 g/mol. The van der Waals surface area contributed by atoms with Gasteiger partial charge < -0.3 is 10.5 Å². The van der Waals surface area contributed by atoms with Crippen LogP contribution in [0.3, 0.4) is 0 Å². The molecule has 0 aromatic heterocycles. The molecule has 1 rings (SSSR count). The number of urea groups is 1. The first-order valence-electron chi connectivity index (χ1n) is 5.08. The number of ether oxygens (including phenoxy) is 1. The van der Waals surface area contributed by atoms with E-state index in [0.29, 0.717) is 0 Å². The minimum Gasteiger partial charge on any atom is -0.459 e. The number of hydrogen-bond donors (Lipinski definition) is 2. The van der Waals surface area contributed by atoms with Crippen molar-refractivity contribution in [1.29, 1.82) is 0 Å². The van der Waals surface area contributed by atoms with E-state index in [0.717, 1.165) is 0 Å². The number of carbonyl (C=O) groups is 3. The van der Waals surface area contributed by atoms with Crippen LogP contribution in [0.15, 0.2) is 0 Å². The first kappa shape index (κ1) is 12.5. The molecule has 1 aliphatic heterocycles. The number of amides is 3. The lowest BCUT2D eigenvalue weighted by Crippen LogP contribution is -2.48. The summed E-state index contributed by atoms with van der Waals surface area (Å²) in [7, 11) is 0. The normalized spacial score (nSPS) is 27.3. The van der Waals surface area contributed by atoms with Gasteiger partial charge in [0.05, 0.1) is 0 Å². The number of nitrogens with one attached hydrogen (secondary N) is 1. The summed E-state index contributed by atoms with van der Waals surface area (Å²) in [5.41, 5.74) is 2.88. The Hall–Kier alpha value is -1.59. The Morgan fingerprint density at radius 3 is 2.38 bits per heavy atom. The van der Waals surface area contributed by atoms with Crippen LogP contribution in [0, 0.1) is 5.41 Å². The summed E-state index contributed by atoms with van der Waals surface area (Å²) in [6.07, 6.45) is 0.517. The van der Waals surface area contributed by atoms with Crippen molar-refractivity contribution in [2.45, 2.75) is 39.2 Å². The molecule has 1 saturated heterocycles. The van der Waals surface area contributed by atoms with Crippen molar-refractivity contribution < 1.29 is 19.1 Å². The van der Waals surface area contributed by atoms with E-state index in [9.17, 15) is 14.4 Å². The highest BCUT2D eigenvalue weighted by atomic mass is 16.6. The van der Waals surface area contributed by atoms with Crippen LogP contribution >= 0.6 is 0 Å². The highest BCUT2D eigenvalue weighted by molar-refractivity contribution is 6.09. The molecule has 1 fully saturated rings. The van der Waals surface area contributed by atoms with Gasteiger partial charge in [0.15, 0.2) is 5.41 Å². The summed E-state index contributed by atoms with van der Waals surface area (Å²) in [4.78, 5) is 34.2. The Morgan fingerprint density at radius 1 is 1.50 bits per heavy atom. The van der Waals surface area contributed by atoms with Crippen LogP contribution in [0.1, 0.15) is 33.6 Å². The van der Waals surface area contributed by atoms with E-state index in [2.05, 4.69) is 0 Å². The molecule has 16 heavy (non-hydrogen) atoms. The highest BCUT2D eigenvalue weighted by Crippen LogP contribution is 2.42. The predicted octanol–water partition coefficient (Wildman–Crippen LogP) is 0.303. The highest BCUT2D eigenvalue weighted by Gasteiger charge is 2.56. The Labute approximate surface area is 93.5 Å². The second kappa shape index (κ2) is 3.77. The second-order valence-electron chi connectivity index (χ2n) is 4.58. The molecule has 6 heteroatoms. The van der Waals surface area contributed by atoms with Crippen LogP contribution in [-0.2, 0) is 14.3 Å². The van der Waals surface area contributed by atoms with Crippen molar-refractivity contribution >= 4 is 17.9 Å². The molecule has 0 aliphatic carbocycles. The fourth-order valence-electron chi connectivity index (χ4n) is 2.02. The summed E-state index contributed by atoms with van der Waals surface area (Å²) in [5.74, 6) is -1.28. The largest absolute Gasteiger partial charge is 0.459 e. The Kier molecular flexibility index (Phi) is 2.94. The molecule has 0 aromatic carbocycles. The number of esters is 1. The zero-order valence-corrected chi connectivity index (χ0v) is 9.62. The summed E-state index contributed by atoms with van der Waals surface area (Å²) in [5, 5.41) is 1.94. The lowest BCUT2D eigenvalue weighted by Gasteiger charge is -2.21. The number of nitrogens with two attached hydrogens (primary N) is 1. The summed E-state index contributed by atoms with van der Waals surface area (Å²) >= 11 is 0. The number of rotatable bonds is 2. The third kappa shape index (κ3) is 2.00. The molecule has 1 aliphatic rings. The summed E-state index contributed by atoms with van der Waals surface area (Å²) in [6.45, 7) is 5.14. The van der Waals surface area contributed by atoms with E-state index in [1.807, 2.05) is 5.32 Å². The molecule has 1 unspecified atom stereocenters. The molecule has 1 heterocycles. The van der Waals surface area contributed by atoms with E-state index in [1.165, 1.54) is 0 Å². The molecular weight excluding hydrogens is 212 g/mol. The zero-order chi connectivity index (χ0) is 12.6. The van der Waals surface area contributed by atoms with Crippen molar-refractivity contribution in [2.24, 2.45) is 11.1 Å². The molecule has 3 amide bonds. The van der Waals surface area contributed by atoms with Crippen LogP contribution in [0.4, 0.5) is 4.79 Å². The molecule has 0 spiro atoms. The van der Waals surface area contributed by atoms with Gasteiger partial charge in [0.2, 0.25) is 5.91 Å². The Bertz CT molecular complexity index is 351. The van der Waals surface area contributed by atoms with Gasteiger partial charge in [-0.05, 0) is 20.3 Å². The SMILES string of the molecule is CCC1(C(=O)NC(N)=O)CC(C)(C)OC1=O. The van der Waals surface area contributed by atoms with Crippen molar-refractivity contribution in [3.8, 4) is 0 Å². The number of primary amides is 1. The quantitative estimate of drug-likeness (QED) is 0.524. The third-order valence-electron chi connectivity index (χ3n) is 2.76. The van der Waals surface area contributed by atoms with E-state index in [1.54, 1.807) is 20.8 Å². The average molecular weight is 228 g/mol. The van der Waals surface area contributed by atoms with Gasteiger partial charge in [-0.1, -0.05) is 6.92 Å². The Balaban J connectivity index is 2.99. The van der Waals surface area contributed by atoms with Crippen LogP contribution in [0.25, 0.3) is 0 Å². The van der Waals surface area contributed by atoms with Gasteiger partial charge in [0, 0.05) is 6.42 Å². The van der Waals surface area contributed by atoms with E-state index in [4.69, 9.17) is 10.5 Å². The molecule has 0 saturated carbocycles. The van der Waals surface area contributed by atoms with Crippen molar-refractivity contribution in [3.63, 3.8) is 0 Å². The van der Waals surface area contributed by atoms with Crippen LogP contribution in [0.2, 0.25) is 0 Å². The van der Waals surface area contributed by atoms with E-state index < -0.39 is 28.9 Å². The molecule has 3 N–H and O–H groups in total. The third-order valence-corrected chi connectivity index (χ3v) is 2.76. The number of cyclic esters (lactones) is 1. The lowest BCUT2D eigenvalue weighted by molar-refractivity contribution is -0.155. The minimum absolute atomic E-state index is 0.244. The van der Waals surface area contributed by atoms with Gasteiger partial charge in [-0.3, -0.25) is 14.9 Å². The van der Waals surface area contributed by atoms with Crippen LogP contribution in [-0.4, -0.2) is 23.5 Å². The average Bonchev–Trinajstić information content (AvgIpc) is 2.35. The van der Waals surface area contributed by atoms with Gasteiger partial charge in [-0.2, -0.15) is 0 Å². The molecule has 6 nitrogen and oxygen atoms in total. The van der Waals surface area contributed by atoms with E-state index >= 15 is 0 Å². The van der Waals surface area contributed by atoms with Gasteiger partial charge in [-0.25, -0.2) is 4.79 Å². The summed E-state index contributed by atoms with van der Waals surface area (Å²) in [6, 6.07) is -0.963. The maximum atomic E-state index is 11.8. The first-order chi connectivity index (χ1) is 7.23. The van der Waals surface area contributed by atoms with Crippen molar-refractivity contribution in [3.05, 3.63) is 0 Å². The molecular formula is C10H16N2O4. The van der Waals surface area contributed by atoms with Crippen molar-refractivity contribution in [1.82, 2.24) is 5.32 Å². The summed E-state index contributed by atoms with van der Waals surface area (Å²) < 4.78 is 5.11. The smallest absolute Gasteiger partial charge is 0.322 e. The number of carbonyl (C=O) groups excluding carboxylic acids is 3. The molecule has 0 bridgehead atoms. The van der Waals surface area contributed by atoms with Crippen molar-refractivity contribution in [2.75, 3.05) is 0 Å². The maximum Gasteiger partial charge on any atom is 0.322 e. The number of hydrogen-bond acceptors (Lipinski definition) is 4. The van der Waals surface area contributed by atoms with Gasteiger partial charge in [0.1, 0.15) is 5.60 Å². The van der Waals surface area contributed by atoms with E-state index in [-0.39, 0.29) is 12.8 Å². The standard InChI is InChI=1S/C10H16N2O4/c1-4-10(6(13)12-8(11)15)5-9(2,3)16-7(10)14/h4-5H2,1-3H3,(H3,11,12,13,15). The topological polar surface area (TPSA) is 98.5 Å². The fraction of sp³-hybridized carbons (Fsp3) is 0.700. The van der Waals surface area contributed by atoms with Crippen LogP contribution < -0.4 is 11.1 Å². The second-order valence-corrected chi connectivity index (χ2v) is 4.58. The lowest BCUT2D eigenvalue weighted by atomic mass is 9.78. The first-order valence-corrected chi connectivity index (χ1v) is 5.08. The van der Waals surface area contributed by atoms with Gasteiger partial charge >= 0.3 is 12.0 Å². The van der Waals surface area contributed by atoms with Crippen LogP contribution in [0.5, 0.6) is 0 Å². The molecule has 0 aromatic rings. The molecule has 1 atom stereocenters. The molecule has 90 valence electrons.